The van der Waals surface area contributed by atoms with Gasteiger partial charge in [-0.3, -0.25) is 19.2 Å². The Morgan fingerprint density at radius 2 is 1.83 bits per heavy atom. The van der Waals surface area contributed by atoms with Gasteiger partial charge in [-0.25, -0.2) is 13.2 Å². The average molecular weight is 436 g/mol. The zero-order valence-corrected chi connectivity index (χ0v) is 17.3. The van der Waals surface area contributed by atoms with Crippen LogP contribution in [0.4, 0.5) is 11.4 Å². The number of hydrogen-bond donors (Lipinski definition) is 0. The molecule has 0 bridgehead atoms. The summed E-state index contributed by atoms with van der Waals surface area (Å²) in [7, 11) is -3.35. The van der Waals surface area contributed by atoms with Gasteiger partial charge < -0.3 is 9.47 Å². The van der Waals surface area contributed by atoms with Crippen LogP contribution in [0.15, 0.2) is 47.4 Å². The molecule has 10 nitrogen and oxygen atoms in total. The number of nitro benzene ring substituents is 1. The van der Waals surface area contributed by atoms with Crippen molar-refractivity contribution in [1.29, 1.82) is 0 Å². The van der Waals surface area contributed by atoms with E-state index in [4.69, 9.17) is 9.47 Å². The third-order valence-electron chi connectivity index (χ3n) is 4.12. The van der Waals surface area contributed by atoms with Gasteiger partial charge in [0.15, 0.2) is 0 Å². The van der Waals surface area contributed by atoms with Crippen LogP contribution >= 0.6 is 0 Å². The van der Waals surface area contributed by atoms with Gasteiger partial charge in [-0.05, 0) is 32.0 Å². The predicted octanol–water partition coefficient (Wildman–Crippen LogP) is 2.45. The third kappa shape index (κ3) is 4.74. The van der Waals surface area contributed by atoms with Crippen LogP contribution in [0.3, 0.4) is 0 Å². The molecule has 2 aromatic carbocycles. The highest BCUT2D eigenvalue weighted by Gasteiger charge is 2.32. The Kier molecular flexibility index (Phi) is 7.11. The van der Waals surface area contributed by atoms with Crippen molar-refractivity contribution in [3.05, 3.63) is 63.7 Å². The molecule has 0 spiro atoms. The van der Waals surface area contributed by atoms with Gasteiger partial charge in [0.1, 0.15) is 6.54 Å². The lowest BCUT2D eigenvalue weighted by molar-refractivity contribution is -0.385. The SMILES string of the molecule is CCOC(=O)CN(c1ccccc1C(=O)OC)S(=O)(=O)c1ccc(C)c([N+](=O)[O-])c1. The molecule has 160 valence electrons. The molecule has 2 aromatic rings. The number of sulfonamides is 1. The van der Waals surface area contributed by atoms with Crippen LogP contribution in [-0.4, -0.2) is 45.5 Å². The zero-order valence-electron chi connectivity index (χ0n) is 16.5. The standard InChI is InChI=1S/C19H20N2O8S/c1-4-29-18(22)12-20(16-8-6-5-7-15(16)19(23)28-3)30(26,27)14-10-9-13(2)17(11-14)21(24)25/h5-11H,4,12H2,1-3H3. The highest BCUT2D eigenvalue weighted by molar-refractivity contribution is 7.92. The van der Waals surface area contributed by atoms with Crippen molar-refractivity contribution < 1.29 is 32.4 Å². The van der Waals surface area contributed by atoms with Gasteiger partial charge in [0.05, 0.1) is 34.8 Å². The fraction of sp³-hybridized carbons (Fsp3) is 0.263. The zero-order chi connectivity index (χ0) is 22.5. The predicted molar refractivity (Wildman–Crippen MR) is 107 cm³/mol. The molecule has 0 aliphatic carbocycles. The van der Waals surface area contributed by atoms with E-state index in [-0.39, 0.29) is 23.4 Å². The van der Waals surface area contributed by atoms with Gasteiger partial charge in [-0.1, -0.05) is 18.2 Å². The maximum Gasteiger partial charge on any atom is 0.340 e. The summed E-state index contributed by atoms with van der Waals surface area (Å²) < 4.78 is 37.0. The van der Waals surface area contributed by atoms with E-state index in [1.165, 1.54) is 43.3 Å². The Morgan fingerprint density at radius 3 is 2.43 bits per heavy atom. The number of ether oxygens (including phenoxy) is 2. The van der Waals surface area contributed by atoms with Crippen molar-refractivity contribution in [2.24, 2.45) is 0 Å². The number of para-hydroxylation sites is 1. The summed E-state index contributed by atoms with van der Waals surface area (Å²) in [5.74, 6) is -1.67. The molecule has 0 fully saturated rings. The van der Waals surface area contributed by atoms with E-state index in [0.717, 1.165) is 13.2 Å². The van der Waals surface area contributed by atoms with Crippen LogP contribution < -0.4 is 4.31 Å². The molecular formula is C19H20N2O8S. The summed E-state index contributed by atoms with van der Waals surface area (Å²) in [6.45, 7) is 2.30. The van der Waals surface area contributed by atoms with Gasteiger partial charge >= 0.3 is 11.9 Å². The summed E-state index contributed by atoms with van der Waals surface area (Å²) in [5, 5.41) is 11.2. The van der Waals surface area contributed by atoms with Gasteiger partial charge in [0.25, 0.3) is 15.7 Å². The Bertz CT molecular complexity index is 1080. The highest BCUT2D eigenvalue weighted by Crippen LogP contribution is 2.30. The average Bonchev–Trinajstić information content (AvgIpc) is 2.71. The Labute approximate surface area is 173 Å². The Hall–Kier alpha value is -3.47. The van der Waals surface area contributed by atoms with E-state index in [2.05, 4.69) is 0 Å². The fourth-order valence-electron chi connectivity index (χ4n) is 2.67. The summed E-state index contributed by atoms with van der Waals surface area (Å²) >= 11 is 0. The van der Waals surface area contributed by atoms with E-state index < -0.39 is 44.0 Å². The molecule has 0 radical (unpaired) electrons. The molecule has 0 amide bonds. The molecule has 0 aromatic heterocycles. The van der Waals surface area contributed by atoms with Gasteiger partial charge in [-0.2, -0.15) is 0 Å². The minimum Gasteiger partial charge on any atom is -0.465 e. The van der Waals surface area contributed by atoms with Crippen LogP contribution in [0.5, 0.6) is 0 Å². The molecule has 0 atom stereocenters. The van der Waals surface area contributed by atoms with Crippen molar-refractivity contribution in [2.75, 3.05) is 24.6 Å². The number of hydrogen-bond acceptors (Lipinski definition) is 8. The normalized spacial score (nSPS) is 10.9. The van der Waals surface area contributed by atoms with E-state index >= 15 is 0 Å². The van der Waals surface area contributed by atoms with Gasteiger partial charge in [0.2, 0.25) is 0 Å². The smallest absolute Gasteiger partial charge is 0.340 e. The first-order valence-electron chi connectivity index (χ1n) is 8.74. The number of rotatable bonds is 8. The highest BCUT2D eigenvalue weighted by atomic mass is 32.2. The minimum atomic E-state index is -4.48. The van der Waals surface area contributed by atoms with Crippen molar-refractivity contribution in [1.82, 2.24) is 0 Å². The summed E-state index contributed by atoms with van der Waals surface area (Å²) in [6, 6.07) is 9.03. The molecule has 0 N–H and O–H groups in total. The van der Waals surface area contributed by atoms with E-state index in [1.807, 2.05) is 0 Å². The number of nitro groups is 1. The van der Waals surface area contributed by atoms with E-state index in [1.54, 1.807) is 6.92 Å². The van der Waals surface area contributed by atoms with Crippen LogP contribution in [-0.2, 0) is 24.3 Å². The lowest BCUT2D eigenvalue weighted by atomic mass is 10.2. The number of esters is 2. The first-order valence-corrected chi connectivity index (χ1v) is 10.2. The second-order valence-electron chi connectivity index (χ2n) is 6.03. The van der Waals surface area contributed by atoms with Crippen molar-refractivity contribution >= 4 is 33.3 Å². The van der Waals surface area contributed by atoms with Crippen LogP contribution in [0.2, 0.25) is 0 Å². The first-order chi connectivity index (χ1) is 14.1. The van der Waals surface area contributed by atoms with E-state index in [0.29, 0.717) is 4.31 Å². The van der Waals surface area contributed by atoms with Gasteiger partial charge in [-0.15, -0.1) is 0 Å². The monoisotopic (exact) mass is 436 g/mol. The molecule has 0 saturated heterocycles. The fourth-order valence-corrected chi connectivity index (χ4v) is 4.12. The molecule has 11 heteroatoms. The number of anilines is 1. The number of carbonyl (C=O) groups excluding carboxylic acids is 2. The summed E-state index contributed by atoms with van der Waals surface area (Å²) in [6.07, 6.45) is 0. The number of nitrogens with zero attached hydrogens (tertiary/aromatic N) is 2. The van der Waals surface area contributed by atoms with Crippen LogP contribution in [0, 0.1) is 17.0 Å². The van der Waals surface area contributed by atoms with Crippen LogP contribution in [0.1, 0.15) is 22.8 Å². The Morgan fingerprint density at radius 1 is 1.17 bits per heavy atom. The molecule has 0 heterocycles. The molecular weight excluding hydrogens is 416 g/mol. The second-order valence-corrected chi connectivity index (χ2v) is 7.89. The largest absolute Gasteiger partial charge is 0.465 e. The molecule has 0 unspecified atom stereocenters. The first kappa shape index (κ1) is 22.8. The number of aryl methyl sites for hydroxylation is 1. The quantitative estimate of drug-likeness (QED) is 0.350. The lowest BCUT2D eigenvalue weighted by Crippen LogP contribution is -2.37. The summed E-state index contributed by atoms with van der Waals surface area (Å²) in [4.78, 5) is 34.4. The van der Waals surface area contributed by atoms with Crippen LogP contribution in [0.25, 0.3) is 0 Å². The molecule has 2 rings (SSSR count). The van der Waals surface area contributed by atoms with Gasteiger partial charge in [0, 0.05) is 11.6 Å². The topological polar surface area (TPSA) is 133 Å². The molecule has 0 aliphatic heterocycles. The minimum absolute atomic E-state index is 0.0153. The third-order valence-corrected chi connectivity index (χ3v) is 5.88. The summed E-state index contributed by atoms with van der Waals surface area (Å²) in [5.41, 5.74) is -0.352. The maximum atomic E-state index is 13.4. The number of methoxy groups -OCH3 is 1. The van der Waals surface area contributed by atoms with Crippen molar-refractivity contribution in [3.63, 3.8) is 0 Å². The maximum absolute atomic E-state index is 13.4. The second kappa shape index (κ2) is 9.35. The van der Waals surface area contributed by atoms with Crippen molar-refractivity contribution in [2.45, 2.75) is 18.7 Å². The lowest BCUT2D eigenvalue weighted by Gasteiger charge is -2.25. The van der Waals surface area contributed by atoms with Crippen molar-refractivity contribution in [3.8, 4) is 0 Å². The number of carbonyl (C=O) groups is 2. The molecule has 0 aliphatic rings. The Balaban J connectivity index is 2.69. The molecule has 30 heavy (non-hydrogen) atoms. The molecule has 0 saturated carbocycles. The number of benzene rings is 2. The van der Waals surface area contributed by atoms with E-state index in [9.17, 15) is 28.1 Å².